The topological polar surface area (TPSA) is 151 Å². The van der Waals surface area contributed by atoms with Crippen molar-refractivity contribution in [3.8, 4) is 0 Å². The molecular formula is C12H26N4O6. The van der Waals surface area contributed by atoms with Crippen LogP contribution in [0.3, 0.4) is 0 Å². The summed E-state index contributed by atoms with van der Waals surface area (Å²) in [5.74, 6) is 0. The fourth-order valence-electron chi connectivity index (χ4n) is 2.06. The van der Waals surface area contributed by atoms with Crippen molar-refractivity contribution in [1.29, 1.82) is 0 Å². The average molecular weight is 322 g/mol. The summed E-state index contributed by atoms with van der Waals surface area (Å²) in [6, 6.07) is 0. The second-order valence-corrected chi connectivity index (χ2v) is 4.94. The van der Waals surface area contributed by atoms with Crippen LogP contribution in [0.2, 0.25) is 0 Å². The molecule has 2 aliphatic rings. The van der Waals surface area contributed by atoms with Crippen LogP contribution < -0.4 is 5.73 Å². The van der Waals surface area contributed by atoms with E-state index < -0.39 is 12.2 Å². The predicted octanol–water partition coefficient (Wildman–Crippen LogP) is 1.24. The van der Waals surface area contributed by atoms with Crippen molar-refractivity contribution in [2.45, 2.75) is 38.5 Å². The summed E-state index contributed by atoms with van der Waals surface area (Å²) in [7, 11) is 0. The molecule has 0 aliphatic carbocycles. The van der Waals surface area contributed by atoms with Gasteiger partial charge < -0.3 is 21.2 Å². The molecule has 0 aromatic heterocycles. The Kier molecular flexibility index (Phi) is 11.1. The lowest BCUT2D eigenvalue weighted by molar-refractivity contribution is -0.216. The normalized spacial score (nSPS) is 19.0. The third-order valence-corrected chi connectivity index (χ3v) is 3.10. The van der Waals surface area contributed by atoms with E-state index in [0.717, 1.165) is 45.2 Å². The van der Waals surface area contributed by atoms with Gasteiger partial charge in [-0.1, -0.05) is 12.8 Å². The number of hydrogen-bond donors (Lipinski definition) is 5. The summed E-state index contributed by atoms with van der Waals surface area (Å²) in [5, 5.41) is 36.3. The number of rotatable bonds is 1. The maximum atomic E-state index is 10.2. The van der Waals surface area contributed by atoms with Crippen LogP contribution in [0, 0.1) is 0 Å². The second-order valence-electron chi connectivity index (χ2n) is 4.94. The number of carboxylic acid groups (broad SMARTS) is 2. The Morgan fingerprint density at radius 3 is 1.50 bits per heavy atom. The van der Waals surface area contributed by atoms with Gasteiger partial charge in [0.1, 0.15) is 0 Å². The van der Waals surface area contributed by atoms with E-state index in [0.29, 0.717) is 13.1 Å². The summed E-state index contributed by atoms with van der Waals surface area (Å²) in [4.78, 5) is 19.0. The molecule has 10 nitrogen and oxygen atoms in total. The summed E-state index contributed by atoms with van der Waals surface area (Å²) in [6.45, 7) is 3.01. The van der Waals surface area contributed by atoms with Gasteiger partial charge in [0, 0.05) is 26.2 Å². The van der Waals surface area contributed by atoms with Crippen molar-refractivity contribution in [3.63, 3.8) is 0 Å². The van der Waals surface area contributed by atoms with E-state index in [1.807, 2.05) is 0 Å². The highest BCUT2D eigenvalue weighted by Gasteiger charge is 2.20. The molecule has 6 N–H and O–H groups in total. The molecule has 2 aliphatic heterocycles. The Labute approximate surface area is 129 Å². The van der Waals surface area contributed by atoms with E-state index in [-0.39, 0.29) is 5.17 Å². The highest BCUT2D eigenvalue weighted by molar-refractivity contribution is 5.62. The van der Waals surface area contributed by atoms with Crippen LogP contribution in [0.1, 0.15) is 38.5 Å². The smallest absolute Gasteiger partial charge is 0.447 e. The zero-order chi connectivity index (χ0) is 17.0. The summed E-state index contributed by atoms with van der Waals surface area (Å²) in [5.41, 5.74) is 4.03. The molecule has 2 rings (SSSR count). The quantitative estimate of drug-likeness (QED) is 0.357. The van der Waals surface area contributed by atoms with Crippen LogP contribution in [0.25, 0.3) is 0 Å². The summed E-state index contributed by atoms with van der Waals surface area (Å²) in [6.07, 6.45) is 3.98. The van der Waals surface area contributed by atoms with Crippen molar-refractivity contribution in [1.82, 2.24) is 15.2 Å². The third-order valence-electron chi connectivity index (χ3n) is 3.10. The Balaban J connectivity index is 0.000000343. The fraction of sp³-hybridized carbons (Fsp3) is 0.833. The maximum absolute atomic E-state index is 10.2. The van der Waals surface area contributed by atoms with Gasteiger partial charge in [0.2, 0.25) is 0 Å². The lowest BCUT2D eigenvalue weighted by Gasteiger charge is -2.30. The first-order chi connectivity index (χ1) is 10.3. The molecule has 130 valence electrons. The third kappa shape index (κ3) is 11.1. The lowest BCUT2D eigenvalue weighted by Crippen LogP contribution is -2.46. The number of carbonyl (C=O) groups is 2. The molecular weight excluding hydrogens is 296 g/mol. The van der Waals surface area contributed by atoms with Gasteiger partial charge in [0.05, 0.1) is 0 Å². The number of nitrogens with zero attached hydrogens (tertiary/aromatic N) is 3. The Bertz CT molecular complexity index is 315. The van der Waals surface area contributed by atoms with Crippen molar-refractivity contribution in [2.24, 2.45) is 5.73 Å². The second kappa shape index (κ2) is 12.0. The van der Waals surface area contributed by atoms with E-state index in [1.54, 1.807) is 0 Å². The Morgan fingerprint density at radius 1 is 0.864 bits per heavy atom. The van der Waals surface area contributed by atoms with Gasteiger partial charge in [0.15, 0.2) is 0 Å². The minimum Gasteiger partial charge on any atom is -0.465 e. The lowest BCUT2D eigenvalue weighted by atomic mass is 10.2. The molecule has 0 spiro atoms. The molecule has 2 amide bonds. The van der Waals surface area contributed by atoms with Gasteiger partial charge in [-0.05, 0) is 25.7 Å². The van der Waals surface area contributed by atoms with Crippen LogP contribution >= 0.6 is 0 Å². The highest BCUT2D eigenvalue weighted by Crippen LogP contribution is 2.09. The Morgan fingerprint density at radius 2 is 1.23 bits per heavy atom. The van der Waals surface area contributed by atoms with Gasteiger partial charge in [-0.15, -0.1) is 5.17 Å². The van der Waals surface area contributed by atoms with Gasteiger partial charge in [-0.3, -0.25) is 5.21 Å². The van der Waals surface area contributed by atoms with Crippen molar-refractivity contribution in [3.05, 3.63) is 0 Å². The van der Waals surface area contributed by atoms with E-state index in [9.17, 15) is 4.79 Å². The SMILES string of the molecule is NC(=O)O.O=C(O)N(O)N1CCCCC1.ON1CCCCC1. The zero-order valence-corrected chi connectivity index (χ0v) is 12.6. The largest absolute Gasteiger partial charge is 0.465 e. The molecule has 0 saturated carbocycles. The fourth-order valence-corrected chi connectivity index (χ4v) is 2.06. The Hall–Kier alpha value is -1.62. The molecule has 22 heavy (non-hydrogen) atoms. The molecule has 10 heteroatoms. The molecule has 2 heterocycles. The first-order valence-electron chi connectivity index (χ1n) is 7.23. The maximum Gasteiger partial charge on any atom is 0.447 e. The van der Waals surface area contributed by atoms with Gasteiger partial charge >= 0.3 is 12.2 Å². The van der Waals surface area contributed by atoms with Crippen LogP contribution in [0.15, 0.2) is 0 Å². The molecule has 0 unspecified atom stereocenters. The van der Waals surface area contributed by atoms with E-state index in [1.165, 1.54) is 16.5 Å². The number of primary amides is 1. The zero-order valence-electron chi connectivity index (χ0n) is 12.6. The number of hydroxylamine groups is 3. The van der Waals surface area contributed by atoms with Gasteiger partial charge in [-0.2, -0.15) is 10.1 Å². The minimum atomic E-state index is -1.33. The van der Waals surface area contributed by atoms with Crippen molar-refractivity contribution >= 4 is 12.2 Å². The van der Waals surface area contributed by atoms with Gasteiger partial charge in [-0.25, -0.2) is 9.59 Å². The molecule has 0 atom stereocenters. The first-order valence-corrected chi connectivity index (χ1v) is 7.23. The van der Waals surface area contributed by atoms with Crippen LogP contribution in [-0.2, 0) is 0 Å². The number of piperidine rings is 2. The summed E-state index contributed by atoms with van der Waals surface area (Å²) < 4.78 is 0. The molecule has 0 aromatic carbocycles. The molecule has 0 aromatic rings. The molecule has 0 radical (unpaired) electrons. The molecule has 0 bridgehead atoms. The summed E-state index contributed by atoms with van der Waals surface area (Å²) >= 11 is 0. The van der Waals surface area contributed by atoms with E-state index in [2.05, 4.69) is 5.73 Å². The predicted molar refractivity (Wildman–Crippen MR) is 76.5 cm³/mol. The van der Waals surface area contributed by atoms with Crippen LogP contribution in [0.4, 0.5) is 9.59 Å². The number of hydrogen-bond acceptors (Lipinski definition) is 6. The van der Waals surface area contributed by atoms with Crippen molar-refractivity contribution < 1.29 is 30.2 Å². The standard InChI is InChI=1S/C6H12N2O3.C5H11NO.CH3NO2/c9-6(10)8(11)7-4-2-1-3-5-7;7-6-4-2-1-3-5-6;2-1(3)4/h11H,1-5H2,(H,9,10);7H,1-5H2;2H2,(H,3,4). The highest BCUT2D eigenvalue weighted by atomic mass is 16.6. The molecule has 2 fully saturated rings. The number of nitrogens with two attached hydrogens (primary N) is 1. The van der Waals surface area contributed by atoms with E-state index in [4.69, 9.17) is 25.4 Å². The van der Waals surface area contributed by atoms with Gasteiger partial charge in [0.25, 0.3) is 0 Å². The monoisotopic (exact) mass is 322 g/mol. The van der Waals surface area contributed by atoms with Crippen LogP contribution in [-0.4, -0.2) is 74.2 Å². The van der Waals surface area contributed by atoms with E-state index >= 15 is 0 Å². The van der Waals surface area contributed by atoms with Crippen LogP contribution in [0.5, 0.6) is 0 Å². The number of amides is 2. The first kappa shape index (κ1) is 20.4. The molecule has 2 saturated heterocycles. The number of hydrazine groups is 1. The average Bonchev–Trinajstić information content (AvgIpc) is 2.48. The van der Waals surface area contributed by atoms with Crippen molar-refractivity contribution in [2.75, 3.05) is 26.2 Å². The minimum absolute atomic E-state index is 0.277.